The number of ketones is 1. The molecule has 0 aliphatic carbocycles. The molecule has 0 fully saturated rings. The van der Waals surface area contributed by atoms with Gasteiger partial charge in [-0.05, 0) is 76.8 Å². The highest BCUT2D eigenvalue weighted by Gasteiger charge is 2.44. The van der Waals surface area contributed by atoms with E-state index in [0.29, 0.717) is 42.2 Å². The number of methoxy groups -OCH3 is 1. The number of furan rings is 1. The molecule has 1 aliphatic rings. The fourth-order valence-electron chi connectivity index (χ4n) is 4.56. The molecular weight excluding hydrogens is 460 g/mol. The van der Waals surface area contributed by atoms with Gasteiger partial charge in [-0.3, -0.25) is 9.59 Å². The van der Waals surface area contributed by atoms with Gasteiger partial charge in [0, 0.05) is 11.9 Å². The number of Topliss-reactive ketones (excluding diaryl/α,β-unsaturated/α-hetero) is 1. The highest BCUT2D eigenvalue weighted by Crippen LogP contribution is 2.42. The number of rotatable bonds is 10. The van der Waals surface area contributed by atoms with Crippen LogP contribution in [0, 0.1) is 6.92 Å². The van der Waals surface area contributed by atoms with Crippen molar-refractivity contribution < 1.29 is 28.6 Å². The first-order chi connectivity index (χ1) is 17.2. The lowest BCUT2D eigenvalue weighted by atomic mass is 9.94. The van der Waals surface area contributed by atoms with E-state index in [9.17, 15) is 14.7 Å². The monoisotopic (exact) mass is 492 g/mol. The minimum absolute atomic E-state index is 0.00755. The van der Waals surface area contributed by atoms with Gasteiger partial charge in [-0.25, -0.2) is 0 Å². The molecule has 0 bridgehead atoms. The van der Waals surface area contributed by atoms with Gasteiger partial charge in [-0.1, -0.05) is 17.7 Å². The molecule has 0 saturated heterocycles. The molecule has 1 aromatic heterocycles. The van der Waals surface area contributed by atoms with Gasteiger partial charge >= 0.3 is 0 Å². The predicted molar refractivity (Wildman–Crippen MR) is 137 cm³/mol. The van der Waals surface area contributed by atoms with E-state index in [1.807, 2.05) is 45.0 Å². The molecule has 190 valence electrons. The maximum atomic E-state index is 13.7. The number of nitrogens with zero attached hydrogens (tertiary/aromatic N) is 2. The van der Waals surface area contributed by atoms with E-state index in [2.05, 4.69) is 0 Å². The van der Waals surface area contributed by atoms with Crippen LogP contribution >= 0.6 is 0 Å². The third-order valence-corrected chi connectivity index (χ3v) is 6.25. The molecule has 0 saturated carbocycles. The second-order valence-electron chi connectivity index (χ2n) is 9.14. The lowest BCUT2D eigenvalue weighted by molar-refractivity contribution is -0.129. The number of hydrogen-bond acceptors (Lipinski definition) is 7. The molecule has 2 heterocycles. The summed E-state index contributed by atoms with van der Waals surface area (Å²) in [4.78, 5) is 30.5. The number of carbonyl (C=O) groups excluding carboxylic acids is 2. The van der Waals surface area contributed by atoms with Crippen LogP contribution < -0.4 is 9.47 Å². The standard InChI is InChI=1S/C28H32N2O6/c1-6-35-21-11-9-18(15-22(21)34-5)25-24(27(32)28(33)30(25)13-7-12-29(3)4)26(31)23-16-19-14-17(2)8-10-20(19)36-23/h8-11,14-16,25,32H,6-7,12-13H2,1-5H3. The third kappa shape index (κ3) is 4.81. The van der Waals surface area contributed by atoms with Crippen molar-refractivity contribution in [2.75, 3.05) is 40.9 Å². The molecule has 8 nitrogen and oxygen atoms in total. The third-order valence-electron chi connectivity index (χ3n) is 6.25. The minimum atomic E-state index is -0.799. The quantitative estimate of drug-likeness (QED) is 0.411. The molecule has 36 heavy (non-hydrogen) atoms. The summed E-state index contributed by atoms with van der Waals surface area (Å²) in [6.07, 6.45) is 0.669. The van der Waals surface area contributed by atoms with Crippen molar-refractivity contribution in [3.63, 3.8) is 0 Å². The zero-order valence-electron chi connectivity index (χ0n) is 21.3. The molecule has 0 spiro atoms. The van der Waals surface area contributed by atoms with Crippen molar-refractivity contribution in [2.45, 2.75) is 26.3 Å². The minimum Gasteiger partial charge on any atom is -0.503 e. The van der Waals surface area contributed by atoms with E-state index >= 15 is 0 Å². The van der Waals surface area contributed by atoms with Crippen molar-refractivity contribution in [1.82, 2.24) is 9.80 Å². The summed E-state index contributed by atoms with van der Waals surface area (Å²) in [7, 11) is 5.44. The highest BCUT2D eigenvalue weighted by atomic mass is 16.5. The number of aryl methyl sites for hydroxylation is 1. The van der Waals surface area contributed by atoms with Crippen LogP contribution in [0.25, 0.3) is 11.0 Å². The van der Waals surface area contributed by atoms with E-state index in [1.165, 1.54) is 12.0 Å². The predicted octanol–water partition coefficient (Wildman–Crippen LogP) is 4.68. The first-order valence-corrected chi connectivity index (χ1v) is 12.0. The molecule has 1 amide bonds. The molecule has 1 atom stereocenters. The molecule has 0 radical (unpaired) electrons. The Morgan fingerprint density at radius 3 is 2.61 bits per heavy atom. The van der Waals surface area contributed by atoms with Crippen molar-refractivity contribution in [2.24, 2.45) is 0 Å². The summed E-state index contributed by atoms with van der Waals surface area (Å²) in [5.41, 5.74) is 2.22. The number of aliphatic hydroxyl groups is 1. The van der Waals surface area contributed by atoms with Crippen molar-refractivity contribution in [3.8, 4) is 11.5 Å². The number of carbonyl (C=O) groups is 2. The number of hydrogen-bond donors (Lipinski definition) is 1. The Kier molecular flexibility index (Phi) is 7.35. The summed E-state index contributed by atoms with van der Waals surface area (Å²) in [6.45, 7) is 5.40. The Bertz CT molecular complexity index is 1320. The summed E-state index contributed by atoms with van der Waals surface area (Å²) in [5, 5.41) is 11.7. The van der Waals surface area contributed by atoms with E-state index in [0.717, 1.165) is 17.5 Å². The second-order valence-corrected chi connectivity index (χ2v) is 9.14. The van der Waals surface area contributed by atoms with E-state index < -0.39 is 23.5 Å². The van der Waals surface area contributed by atoms with E-state index in [1.54, 1.807) is 30.3 Å². The normalized spacial score (nSPS) is 15.9. The first kappa shape index (κ1) is 25.3. The SMILES string of the molecule is CCOc1ccc(C2C(C(=O)c3cc4cc(C)ccc4o3)=C(O)C(=O)N2CCCN(C)C)cc1OC. The van der Waals surface area contributed by atoms with Crippen LogP contribution in [0.1, 0.15) is 41.1 Å². The number of ether oxygens (including phenoxy) is 2. The van der Waals surface area contributed by atoms with Crippen LogP contribution in [-0.4, -0.2) is 67.5 Å². The summed E-state index contributed by atoms with van der Waals surface area (Å²) >= 11 is 0. The van der Waals surface area contributed by atoms with Crippen LogP contribution in [0.15, 0.2) is 58.2 Å². The van der Waals surface area contributed by atoms with Gasteiger partial charge in [0.2, 0.25) is 5.78 Å². The van der Waals surface area contributed by atoms with Crippen molar-refractivity contribution in [3.05, 3.63) is 70.7 Å². The maximum Gasteiger partial charge on any atom is 0.290 e. The molecule has 1 aliphatic heterocycles. The van der Waals surface area contributed by atoms with Crippen LogP contribution in [0.5, 0.6) is 11.5 Å². The second kappa shape index (κ2) is 10.5. The van der Waals surface area contributed by atoms with E-state index in [4.69, 9.17) is 13.9 Å². The van der Waals surface area contributed by atoms with Gasteiger partial charge in [0.05, 0.1) is 25.3 Å². The average molecular weight is 493 g/mol. The van der Waals surface area contributed by atoms with Crippen molar-refractivity contribution >= 4 is 22.7 Å². The zero-order valence-corrected chi connectivity index (χ0v) is 21.3. The van der Waals surface area contributed by atoms with Crippen LogP contribution in [0.3, 0.4) is 0 Å². The van der Waals surface area contributed by atoms with Crippen molar-refractivity contribution in [1.29, 1.82) is 0 Å². The topological polar surface area (TPSA) is 92.5 Å². The smallest absolute Gasteiger partial charge is 0.290 e. The highest BCUT2D eigenvalue weighted by molar-refractivity contribution is 6.16. The summed E-state index contributed by atoms with van der Waals surface area (Å²) in [6, 6.07) is 11.8. The molecule has 8 heteroatoms. The maximum absolute atomic E-state index is 13.7. The largest absolute Gasteiger partial charge is 0.503 e. The van der Waals surface area contributed by atoms with Gasteiger partial charge in [0.25, 0.3) is 5.91 Å². The molecule has 3 aromatic rings. The zero-order chi connectivity index (χ0) is 26.0. The molecule has 2 aromatic carbocycles. The van der Waals surface area contributed by atoms with Gasteiger partial charge in [0.1, 0.15) is 5.58 Å². The van der Waals surface area contributed by atoms with Gasteiger partial charge in [-0.15, -0.1) is 0 Å². The number of aliphatic hydroxyl groups excluding tert-OH is 1. The molecule has 1 N–H and O–H groups in total. The van der Waals surface area contributed by atoms with Crippen LogP contribution in [0.2, 0.25) is 0 Å². The lowest BCUT2D eigenvalue weighted by Crippen LogP contribution is -2.33. The Morgan fingerprint density at radius 2 is 1.92 bits per heavy atom. The first-order valence-electron chi connectivity index (χ1n) is 12.0. The Morgan fingerprint density at radius 1 is 1.14 bits per heavy atom. The summed E-state index contributed by atoms with van der Waals surface area (Å²) in [5.74, 6) is -0.555. The Balaban J connectivity index is 1.78. The van der Waals surface area contributed by atoms with Gasteiger partial charge in [-0.2, -0.15) is 0 Å². The Hall–Kier alpha value is -3.78. The lowest BCUT2D eigenvalue weighted by Gasteiger charge is -2.27. The number of benzene rings is 2. The molecular formula is C28H32N2O6. The summed E-state index contributed by atoms with van der Waals surface area (Å²) < 4.78 is 17.0. The van der Waals surface area contributed by atoms with Gasteiger partial charge in [0.15, 0.2) is 23.0 Å². The Labute approximate surface area is 210 Å². The number of amides is 1. The van der Waals surface area contributed by atoms with Crippen LogP contribution in [-0.2, 0) is 4.79 Å². The van der Waals surface area contributed by atoms with Gasteiger partial charge < -0.3 is 28.8 Å². The fourth-order valence-corrected chi connectivity index (χ4v) is 4.56. The van der Waals surface area contributed by atoms with Crippen LogP contribution in [0.4, 0.5) is 0 Å². The number of fused-ring (bicyclic) bond motifs is 1. The fraction of sp³-hybridized carbons (Fsp3) is 0.357. The van der Waals surface area contributed by atoms with E-state index in [-0.39, 0.29) is 11.3 Å². The molecule has 1 unspecified atom stereocenters. The average Bonchev–Trinajstić information content (AvgIpc) is 3.38. The molecule has 4 rings (SSSR count).